The highest BCUT2D eigenvalue weighted by atomic mass is 32.1. The Morgan fingerprint density at radius 3 is 2.33 bits per heavy atom. The summed E-state index contributed by atoms with van der Waals surface area (Å²) in [6.07, 6.45) is 0. The van der Waals surface area contributed by atoms with Crippen LogP contribution in [0.3, 0.4) is 0 Å². The highest BCUT2D eigenvalue weighted by Crippen LogP contribution is 2.24. The van der Waals surface area contributed by atoms with Gasteiger partial charge < -0.3 is 15.8 Å². The van der Waals surface area contributed by atoms with Gasteiger partial charge in [-0.25, -0.2) is 0 Å². The second kappa shape index (κ2) is 7.45. The summed E-state index contributed by atoms with van der Waals surface area (Å²) < 4.78 is 5.53. The van der Waals surface area contributed by atoms with E-state index in [0.29, 0.717) is 17.0 Å². The summed E-state index contributed by atoms with van der Waals surface area (Å²) in [6, 6.07) is 14.9. The SMILES string of the molecule is CC(C)(C)c1ccc(OCC(=O)Nc2ccccc2C(N)=S)cc1. The number of carbonyl (C=O) groups excluding carboxylic acids is 1. The zero-order valence-corrected chi connectivity index (χ0v) is 14.9. The lowest BCUT2D eigenvalue weighted by atomic mass is 9.87. The van der Waals surface area contributed by atoms with E-state index in [2.05, 4.69) is 26.1 Å². The molecule has 2 aromatic rings. The molecule has 0 aliphatic rings. The standard InChI is InChI=1S/C19H22N2O2S/c1-19(2,3)13-8-10-14(11-9-13)23-12-17(22)21-16-7-5-4-6-15(16)18(20)24/h4-11H,12H2,1-3H3,(H2,20,24)(H,21,22). The van der Waals surface area contributed by atoms with Crippen molar-refractivity contribution in [1.29, 1.82) is 0 Å². The molecule has 0 radical (unpaired) electrons. The van der Waals surface area contributed by atoms with Crippen molar-refractivity contribution >= 4 is 28.8 Å². The van der Waals surface area contributed by atoms with Gasteiger partial charge >= 0.3 is 0 Å². The van der Waals surface area contributed by atoms with Crippen molar-refractivity contribution < 1.29 is 9.53 Å². The highest BCUT2D eigenvalue weighted by Gasteiger charge is 2.13. The van der Waals surface area contributed by atoms with Gasteiger partial charge in [-0.3, -0.25) is 4.79 Å². The number of hydrogen-bond acceptors (Lipinski definition) is 3. The van der Waals surface area contributed by atoms with Crippen molar-refractivity contribution in [3.8, 4) is 5.75 Å². The van der Waals surface area contributed by atoms with Crippen LogP contribution < -0.4 is 15.8 Å². The summed E-state index contributed by atoms with van der Waals surface area (Å²) in [5, 5.41) is 2.77. The fourth-order valence-corrected chi connectivity index (χ4v) is 2.37. The van der Waals surface area contributed by atoms with E-state index >= 15 is 0 Å². The third-order valence-corrected chi connectivity index (χ3v) is 3.78. The summed E-state index contributed by atoms with van der Waals surface area (Å²) in [5.41, 5.74) is 8.17. The normalized spacial score (nSPS) is 11.0. The Hall–Kier alpha value is -2.40. The minimum absolute atomic E-state index is 0.0828. The quantitative estimate of drug-likeness (QED) is 0.814. The maximum atomic E-state index is 12.1. The van der Waals surface area contributed by atoms with Crippen LogP contribution in [-0.2, 0) is 10.2 Å². The van der Waals surface area contributed by atoms with Crippen molar-refractivity contribution in [2.45, 2.75) is 26.2 Å². The number of ether oxygens (including phenoxy) is 1. The van der Waals surface area contributed by atoms with Crippen LogP contribution in [0.2, 0.25) is 0 Å². The molecule has 4 nitrogen and oxygen atoms in total. The Kier molecular flexibility index (Phi) is 5.57. The van der Waals surface area contributed by atoms with Gasteiger partial charge in [-0.1, -0.05) is 57.3 Å². The van der Waals surface area contributed by atoms with Crippen LogP contribution in [0.15, 0.2) is 48.5 Å². The molecule has 126 valence electrons. The lowest BCUT2D eigenvalue weighted by Crippen LogP contribution is -2.22. The van der Waals surface area contributed by atoms with E-state index in [1.165, 1.54) is 5.56 Å². The lowest BCUT2D eigenvalue weighted by Gasteiger charge is -2.19. The molecule has 0 bridgehead atoms. The Bertz CT molecular complexity index is 734. The molecule has 5 heteroatoms. The molecule has 0 aromatic heterocycles. The summed E-state index contributed by atoms with van der Waals surface area (Å²) >= 11 is 4.98. The summed E-state index contributed by atoms with van der Waals surface area (Å²) in [4.78, 5) is 12.3. The monoisotopic (exact) mass is 342 g/mol. The van der Waals surface area contributed by atoms with E-state index in [1.807, 2.05) is 36.4 Å². The number of nitrogens with one attached hydrogen (secondary N) is 1. The van der Waals surface area contributed by atoms with Crippen molar-refractivity contribution in [1.82, 2.24) is 0 Å². The molecule has 0 aliphatic carbocycles. The molecule has 24 heavy (non-hydrogen) atoms. The molecule has 0 saturated heterocycles. The van der Waals surface area contributed by atoms with Crippen LogP contribution in [0.5, 0.6) is 5.75 Å². The first-order valence-electron chi connectivity index (χ1n) is 7.69. The largest absolute Gasteiger partial charge is 0.484 e. The van der Waals surface area contributed by atoms with E-state index < -0.39 is 0 Å². The predicted molar refractivity (Wildman–Crippen MR) is 102 cm³/mol. The number of nitrogens with two attached hydrogens (primary N) is 1. The molecule has 1 amide bonds. The molecule has 0 heterocycles. The van der Waals surface area contributed by atoms with Gasteiger partial charge in [0.1, 0.15) is 10.7 Å². The topological polar surface area (TPSA) is 64.3 Å². The number of amides is 1. The van der Waals surface area contributed by atoms with Crippen LogP contribution in [0.4, 0.5) is 5.69 Å². The van der Waals surface area contributed by atoms with E-state index in [0.717, 1.165) is 0 Å². The molecule has 0 unspecified atom stereocenters. The van der Waals surface area contributed by atoms with E-state index in [-0.39, 0.29) is 22.9 Å². The zero-order chi connectivity index (χ0) is 17.7. The van der Waals surface area contributed by atoms with E-state index in [4.69, 9.17) is 22.7 Å². The summed E-state index contributed by atoms with van der Waals surface area (Å²) in [7, 11) is 0. The molecular formula is C19H22N2O2S. The Balaban J connectivity index is 1.96. The van der Waals surface area contributed by atoms with E-state index in [1.54, 1.807) is 12.1 Å². The van der Waals surface area contributed by atoms with Gasteiger partial charge in [-0.15, -0.1) is 0 Å². The van der Waals surface area contributed by atoms with Crippen LogP contribution in [0, 0.1) is 0 Å². The van der Waals surface area contributed by atoms with Gasteiger partial charge in [0.2, 0.25) is 0 Å². The molecular weight excluding hydrogens is 320 g/mol. The molecule has 0 aliphatic heterocycles. The number of thiocarbonyl (C=S) groups is 1. The molecule has 2 rings (SSSR count). The van der Waals surface area contributed by atoms with Gasteiger partial charge in [0.25, 0.3) is 5.91 Å². The van der Waals surface area contributed by atoms with Crippen LogP contribution >= 0.6 is 12.2 Å². The molecule has 0 spiro atoms. The average Bonchev–Trinajstić information content (AvgIpc) is 2.53. The van der Waals surface area contributed by atoms with Crippen LogP contribution in [0.1, 0.15) is 31.9 Å². The predicted octanol–water partition coefficient (Wildman–Crippen LogP) is 3.64. The number of hydrogen-bond donors (Lipinski definition) is 2. The van der Waals surface area contributed by atoms with Crippen molar-refractivity contribution in [2.24, 2.45) is 5.73 Å². The van der Waals surface area contributed by atoms with Crippen LogP contribution in [0.25, 0.3) is 0 Å². The minimum Gasteiger partial charge on any atom is -0.484 e. The second-order valence-electron chi connectivity index (χ2n) is 6.52. The Morgan fingerprint density at radius 1 is 1.12 bits per heavy atom. The first-order chi connectivity index (χ1) is 11.3. The van der Waals surface area contributed by atoms with Gasteiger partial charge in [0.15, 0.2) is 6.61 Å². The number of para-hydroxylation sites is 1. The maximum Gasteiger partial charge on any atom is 0.262 e. The second-order valence-corrected chi connectivity index (χ2v) is 6.96. The zero-order valence-electron chi connectivity index (χ0n) is 14.1. The fourth-order valence-electron chi connectivity index (χ4n) is 2.19. The first-order valence-corrected chi connectivity index (χ1v) is 8.10. The van der Waals surface area contributed by atoms with Crippen LogP contribution in [-0.4, -0.2) is 17.5 Å². The molecule has 0 fully saturated rings. The number of anilines is 1. The van der Waals surface area contributed by atoms with Crippen molar-refractivity contribution in [2.75, 3.05) is 11.9 Å². The van der Waals surface area contributed by atoms with Crippen molar-refractivity contribution in [3.63, 3.8) is 0 Å². The molecule has 3 N–H and O–H groups in total. The van der Waals surface area contributed by atoms with Gasteiger partial charge in [-0.05, 0) is 35.2 Å². The van der Waals surface area contributed by atoms with Gasteiger partial charge in [0, 0.05) is 5.56 Å². The summed E-state index contributed by atoms with van der Waals surface area (Å²) in [5.74, 6) is 0.388. The molecule has 0 atom stereocenters. The Morgan fingerprint density at radius 2 is 1.75 bits per heavy atom. The van der Waals surface area contributed by atoms with Gasteiger partial charge in [0.05, 0.1) is 5.69 Å². The number of benzene rings is 2. The average molecular weight is 342 g/mol. The number of carbonyl (C=O) groups is 1. The lowest BCUT2D eigenvalue weighted by molar-refractivity contribution is -0.118. The molecule has 0 saturated carbocycles. The minimum atomic E-state index is -0.265. The van der Waals surface area contributed by atoms with E-state index in [9.17, 15) is 4.79 Å². The fraction of sp³-hybridized carbons (Fsp3) is 0.263. The number of rotatable bonds is 5. The third-order valence-electron chi connectivity index (χ3n) is 3.56. The highest BCUT2D eigenvalue weighted by molar-refractivity contribution is 7.80. The van der Waals surface area contributed by atoms with Crippen molar-refractivity contribution in [3.05, 3.63) is 59.7 Å². The first kappa shape index (κ1) is 17.9. The third kappa shape index (κ3) is 4.80. The summed E-state index contributed by atoms with van der Waals surface area (Å²) in [6.45, 7) is 6.36. The smallest absolute Gasteiger partial charge is 0.262 e. The van der Waals surface area contributed by atoms with Gasteiger partial charge in [-0.2, -0.15) is 0 Å². The Labute approximate surface area is 148 Å². The molecule has 2 aromatic carbocycles. The maximum absolute atomic E-state index is 12.1.